The van der Waals surface area contributed by atoms with Gasteiger partial charge in [-0.3, -0.25) is 4.79 Å². The molecule has 0 aromatic heterocycles. The van der Waals surface area contributed by atoms with Gasteiger partial charge in [0, 0.05) is 24.9 Å². The number of carbonyl (C=O) groups is 1. The largest absolute Gasteiger partial charge is 0.493 e. The first kappa shape index (κ1) is 12.9. The summed E-state index contributed by atoms with van der Waals surface area (Å²) in [5.41, 5.74) is 2.01. The average Bonchev–Trinajstić information content (AvgIpc) is 2.80. The first-order valence-corrected chi connectivity index (χ1v) is 6.79. The summed E-state index contributed by atoms with van der Waals surface area (Å²) in [7, 11) is 3.24. The Kier molecular flexibility index (Phi) is 3.27. The monoisotopic (exact) mass is 271 g/mol. The molecule has 4 heteroatoms. The molecular formula is C16H17NO3. The smallest absolute Gasteiger partial charge is 0.223 e. The van der Waals surface area contributed by atoms with Crippen molar-refractivity contribution < 1.29 is 14.3 Å². The molecule has 0 radical (unpaired) electrons. The second-order valence-electron chi connectivity index (χ2n) is 4.99. The van der Waals surface area contributed by atoms with E-state index < -0.39 is 0 Å². The summed E-state index contributed by atoms with van der Waals surface area (Å²) in [6, 6.07) is 3.99. The number of fused-ring (bicyclic) bond motifs is 3. The summed E-state index contributed by atoms with van der Waals surface area (Å²) in [6.45, 7) is 0.713. The molecule has 1 aromatic rings. The highest BCUT2D eigenvalue weighted by Gasteiger charge is 2.34. The van der Waals surface area contributed by atoms with Crippen LogP contribution in [0.5, 0.6) is 11.5 Å². The van der Waals surface area contributed by atoms with E-state index >= 15 is 0 Å². The van der Waals surface area contributed by atoms with Crippen LogP contribution in [0.4, 0.5) is 0 Å². The molecule has 1 amide bonds. The van der Waals surface area contributed by atoms with E-state index in [9.17, 15) is 4.79 Å². The van der Waals surface area contributed by atoms with Crippen molar-refractivity contribution in [2.24, 2.45) is 0 Å². The maximum atomic E-state index is 12.0. The third-order valence-electron chi connectivity index (χ3n) is 3.94. The first-order valence-electron chi connectivity index (χ1n) is 6.79. The van der Waals surface area contributed by atoms with Crippen LogP contribution in [0.25, 0.3) is 0 Å². The Labute approximate surface area is 118 Å². The molecule has 2 aliphatic heterocycles. The molecular weight excluding hydrogens is 254 g/mol. The summed E-state index contributed by atoms with van der Waals surface area (Å²) < 4.78 is 10.7. The van der Waals surface area contributed by atoms with Crippen LogP contribution in [0.15, 0.2) is 12.1 Å². The van der Waals surface area contributed by atoms with Crippen molar-refractivity contribution in [2.75, 3.05) is 20.8 Å². The third kappa shape index (κ3) is 2.00. The van der Waals surface area contributed by atoms with E-state index in [0.717, 1.165) is 24.0 Å². The van der Waals surface area contributed by atoms with E-state index in [2.05, 4.69) is 11.8 Å². The first-order chi connectivity index (χ1) is 9.74. The second-order valence-corrected chi connectivity index (χ2v) is 4.99. The lowest BCUT2D eigenvalue weighted by molar-refractivity contribution is -0.129. The van der Waals surface area contributed by atoms with Gasteiger partial charge >= 0.3 is 0 Å². The predicted octanol–water partition coefficient (Wildman–Crippen LogP) is 2.12. The molecule has 104 valence electrons. The number of amides is 1. The van der Waals surface area contributed by atoms with Crippen molar-refractivity contribution in [2.45, 2.75) is 25.3 Å². The van der Waals surface area contributed by atoms with Gasteiger partial charge in [-0.2, -0.15) is 0 Å². The van der Waals surface area contributed by atoms with Gasteiger partial charge < -0.3 is 14.4 Å². The normalized spacial score (nSPS) is 20.2. The van der Waals surface area contributed by atoms with Gasteiger partial charge in [0.2, 0.25) is 5.91 Å². The molecule has 0 spiro atoms. The number of hydrogen-bond donors (Lipinski definition) is 0. The third-order valence-corrected chi connectivity index (χ3v) is 3.94. The van der Waals surface area contributed by atoms with E-state index in [1.165, 1.54) is 0 Å². The summed E-state index contributed by atoms with van der Waals surface area (Å²) >= 11 is 0. The lowest BCUT2D eigenvalue weighted by Crippen LogP contribution is -2.29. The molecule has 1 aromatic carbocycles. The zero-order valence-electron chi connectivity index (χ0n) is 11.7. The zero-order chi connectivity index (χ0) is 14.1. The zero-order valence-corrected chi connectivity index (χ0v) is 11.7. The van der Waals surface area contributed by atoms with E-state index in [1.807, 2.05) is 17.0 Å². The van der Waals surface area contributed by atoms with Crippen LogP contribution >= 0.6 is 0 Å². The lowest BCUT2D eigenvalue weighted by atomic mass is 9.96. The average molecular weight is 271 g/mol. The highest BCUT2D eigenvalue weighted by atomic mass is 16.5. The topological polar surface area (TPSA) is 38.8 Å². The summed E-state index contributed by atoms with van der Waals surface area (Å²) in [6.07, 6.45) is 2.18. The number of hydrogen-bond acceptors (Lipinski definition) is 3. The van der Waals surface area contributed by atoms with Crippen LogP contribution in [0.1, 0.15) is 36.4 Å². The summed E-state index contributed by atoms with van der Waals surface area (Å²) in [4.78, 5) is 13.9. The molecule has 1 unspecified atom stereocenters. The second kappa shape index (κ2) is 5.09. The van der Waals surface area contributed by atoms with Gasteiger partial charge in [-0.15, -0.1) is 0 Å². The van der Waals surface area contributed by atoms with Crippen LogP contribution in [0, 0.1) is 11.8 Å². The Morgan fingerprint density at radius 1 is 1.25 bits per heavy atom. The Bertz CT molecular complexity index is 612. The Morgan fingerprint density at radius 2 is 2.00 bits per heavy atom. The van der Waals surface area contributed by atoms with E-state index in [4.69, 9.17) is 9.47 Å². The standard InChI is InChI=1S/C16H17NO3/c1-19-14-9-11-5-3-4-8-17-13(6-7-16(17)18)12(11)10-15(14)20-2/h9-10,13H,4,6-8H2,1-2H3. The quantitative estimate of drug-likeness (QED) is 0.773. The molecule has 0 bridgehead atoms. The number of nitrogens with zero attached hydrogens (tertiary/aromatic N) is 1. The number of benzene rings is 1. The number of ether oxygens (including phenoxy) is 2. The number of methoxy groups -OCH3 is 2. The molecule has 1 saturated heterocycles. The Morgan fingerprint density at radius 3 is 2.75 bits per heavy atom. The molecule has 0 saturated carbocycles. The predicted molar refractivity (Wildman–Crippen MR) is 74.7 cm³/mol. The van der Waals surface area contributed by atoms with Gasteiger partial charge in [-0.05, 0) is 24.1 Å². The van der Waals surface area contributed by atoms with Crippen molar-refractivity contribution in [3.05, 3.63) is 23.3 Å². The fraction of sp³-hybridized carbons (Fsp3) is 0.438. The minimum Gasteiger partial charge on any atom is -0.493 e. The van der Waals surface area contributed by atoms with E-state index in [-0.39, 0.29) is 11.9 Å². The molecule has 2 aliphatic rings. The minimum atomic E-state index is 0.118. The molecule has 3 rings (SSSR count). The van der Waals surface area contributed by atoms with Gasteiger partial charge in [0.25, 0.3) is 0 Å². The molecule has 4 nitrogen and oxygen atoms in total. The fourth-order valence-electron chi connectivity index (χ4n) is 2.95. The van der Waals surface area contributed by atoms with E-state index in [0.29, 0.717) is 24.5 Å². The van der Waals surface area contributed by atoms with Crippen molar-refractivity contribution >= 4 is 5.91 Å². The minimum absolute atomic E-state index is 0.118. The molecule has 0 aliphatic carbocycles. The van der Waals surface area contributed by atoms with Crippen LogP contribution in [-0.4, -0.2) is 31.6 Å². The Balaban J connectivity index is 2.14. The maximum Gasteiger partial charge on any atom is 0.223 e. The molecule has 1 atom stereocenters. The Hall–Kier alpha value is -2.15. The number of carbonyl (C=O) groups excluding carboxylic acids is 1. The van der Waals surface area contributed by atoms with Crippen molar-refractivity contribution in [3.8, 4) is 23.3 Å². The SMILES string of the molecule is COc1cc2c(cc1OC)C1CCC(=O)N1CCC#C2. The van der Waals surface area contributed by atoms with Crippen LogP contribution in [0.3, 0.4) is 0 Å². The van der Waals surface area contributed by atoms with Gasteiger partial charge in [0.05, 0.1) is 20.3 Å². The highest BCUT2D eigenvalue weighted by molar-refractivity contribution is 5.79. The van der Waals surface area contributed by atoms with Crippen molar-refractivity contribution in [3.63, 3.8) is 0 Å². The van der Waals surface area contributed by atoms with Crippen molar-refractivity contribution in [1.29, 1.82) is 0 Å². The molecule has 1 fully saturated rings. The highest BCUT2D eigenvalue weighted by Crippen LogP contribution is 2.40. The van der Waals surface area contributed by atoms with Crippen LogP contribution in [-0.2, 0) is 4.79 Å². The van der Waals surface area contributed by atoms with Crippen LogP contribution < -0.4 is 9.47 Å². The van der Waals surface area contributed by atoms with Gasteiger partial charge in [0.1, 0.15) is 0 Å². The van der Waals surface area contributed by atoms with Gasteiger partial charge in [-0.1, -0.05) is 11.8 Å². The maximum absolute atomic E-state index is 12.0. The van der Waals surface area contributed by atoms with Crippen LogP contribution in [0.2, 0.25) is 0 Å². The fourth-order valence-corrected chi connectivity index (χ4v) is 2.95. The molecule has 2 heterocycles. The lowest BCUT2D eigenvalue weighted by Gasteiger charge is -2.27. The molecule has 20 heavy (non-hydrogen) atoms. The van der Waals surface area contributed by atoms with Crippen molar-refractivity contribution in [1.82, 2.24) is 4.90 Å². The summed E-state index contributed by atoms with van der Waals surface area (Å²) in [5.74, 6) is 7.91. The molecule has 0 N–H and O–H groups in total. The van der Waals surface area contributed by atoms with Gasteiger partial charge in [-0.25, -0.2) is 0 Å². The summed E-state index contributed by atoms with van der Waals surface area (Å²) in [5, 5.41) is 0. The van der Waals surface area contributed by atoms with Gasteiger partial charge in [0.15, 0.2) is 11.5 Å². The number of rotatable bonds is 2. The van der Waals surface area contributed by atoms with E-state index in [1.54, 1.807) is 14.2 Å².